The van der Waals surface area contributed by atoms with E-state index in [9.17, 15) is 8.42 Å². The van der Waals surface area contributed by atoms with E-state index >= 15 is 0 Å². The van der Waals surface area contributed by atoms with Crippen LogP contribution in [0.3, 0.4) is 0 Å². The van der Waals surface area contributed by atoms with Crippen LogP contribution in [0.2, 0.25) is 5.15 Å². The second-order valence-electron chi connectivity index (χ2n) is 9.00. The number of aromatic nitrogens is 3. The molecule has 0 radical (unpaired) electrons. The molecule has 4 rings (SSSR count). The molecule has 1 fully saturated rings. The Morgan fingerprint density at radius 2 is 1.83 bits per heavy atom. The molecule has 0 aromatic carbocycles. The van der Waals surface area contributed by atoms with Crippen molar-refractivity contribution in [3.63, 3.8) is 0 Å². The van der Waals surface area contributed by atoms with E-state index in [4.69, 9.17) is 16.6 Å². The number of fused-ring (bicyclic) bond motifs is 1. The van der Waals surface area contributed by atoms with Crippen LogP contribution >= 0.6 is 11.6 Å². The molecule has 160 valence electrons. The van der Waals surface area contributed by atoms with Gasteiger partial charge in [-0.2, -0.15) is 0 Å². The first-order valence-electron chi connectivity index (χ1n) is 10.3. The predicted molar refractivity (Wildman–Crippen MR) is 121 cm³/mol. The molecule has 6 nitrogen and oxygen atoms in total. The second-order valence-corrected chi connectivity index (χ2v) is 11.9. The lowest BCUT2D eigenvalue weighted by atomic mass is 9.84. The van der Waals surface area contributed by atoms with Crippen LogP contribution in [0.15, 0.2) is 36.5 Å². The van der Waals surface area contributed by atoms with Crippen LogP contribution in [0, 0.1) is 0 Å². The summed E-state index contributed by atoms with van der Waals surface area (Å²) >= 11 is 6.01. The third kappa shape index (κ3) is 4.38. The number of hydrogen-bond acceptors (Lipinski definition) is 4. The van der Waals surface area contributed by atoms with Crippen molar-refractivity contribution in [2.75, 3.05) is 0 Å². The zero-order valence-electron chi connectivity index (χ0n) is 17.4. The molecule has 30 heavy (non-hydrogen) atoms. The lowest BCUT2D eigenvalue weighted by molar-refractivity contribution is 0.368. The molecule has 2 N–H and O–H groups in total. The van der Waals surface area contributed by atoms with Crippen LogP contribution in [0.5, 0.6) is 0 Å². The number of hydrogen-bond donors (Lipinski definition) is 2. The maximum Gasteiger partial charge on any atom is 0.216 e. The molecule has 3 aromatic rings. The Labute approximate surface area is 182 Å². The molecule has 0 saturated heterocycles. The third-order valence-corrected chi connectivity index (χ3v) is 8.28. The van der Waals surface area contributed by atoms with E-state index in [1.54, 1.807) is 27.0 Å². The van der Waals surface area contributed by atoms with Crippen molar-refractivity contribution >= 4 is 32.7 Å². The van der Waals surface area contributed by atoms with Crippen molar-refractivity contribution < 1.29 is 8.42 Å². The molecule has 3 heterocycles. The van der Waals surface area contributed by atoms with Crippen molar-refractivity contribution in [2.24, 2.45) is 0 Å². The maximum absolute atomic E-state index is 12.4. The largest absolute Gasteiger partial charge is 0.357 e. The second kappa shape index (κ2) is 7.94. The molecule has 8 heteroatoms. The van der Waals surface area contributed by atoms with Crippen molar-refractivity contribution in [1.29, 1.82) is 0 Å². The average Bonchev–Trinajstić information content (AvgIpc) is 3.10. The smallest absolute Gasteiger partial charge is 0.216 e. The molecule has 1 aliphatic carbocycles. The number of nitrogens with zero attached hydrogens (tertiary/aromatic N) is 2. The Kier molecular flexibility index (Phi) is 5.64. The van der Waals surface area contributed by atoms with E-state index in [1.807, 2.05) is 24.3 Å². The lowest BCUT2D eigenvalue weighted by Gasteiger charge is -2.31. The van der Waals surface area contributed by atoms with E-state index in [0.29, 0.717) is 11.1 Å². The number of sulfonamides is 1. The van der Waals surface area contributed by atoms with Gasteiger partial charge in [0.1, 0.15) is 5.15 Å². The van der Waals surface area contributed by atoms with Crippen LogP contribution in [0.25, 0.3) is 22.3 Å². The van der Waals surface area contributed by atoms with Gasteiger partial charge < -0.3 is 4.98 Å². The summed E-state index contributed by atoms with van der Waals surface area (Å²) < 4.78 is 27.0. The van der Waals surface area contributed by atoms with Gasteiger partial charge in [-0.3, -0.25) is 0 Å². The number of halogens is 1. The topological polar surface area (TPSA) is 87.7 Å². The molecule has 1 aliphatic rings. The fraction of sp³-hybridized carbons (Fsp3) is 0.455. The summed E-state index contributed by atoms with van der Waals surface area (Å²) in [7, 11) is -3.32. The Hall–Kier alpha value is -1.96. The monoisotopic (exact) mass is 446 g/mol. The number of nitrogens with one attached hydrogen (secondary N) is 2. The quantitative estimate of drug-likeness (QED) is 0.550. The molecule has 3 aromatic heterocycles. The molecule has 1 saturated carbocycles. The number of rotatable bonds is 4. The van der Waals surface area contributed by atoms with Gasteiger partial charge in [0, 0.05) is 23.5 Å². The van der Waals surface area contributed by atoms with Crippen molar-refractivity contribution in [3.05, 3.63) is 47.4 Å². The van der Waals surface area contributed by atoms with Crippen LogP contribution in [0.4, 0.5) is 0 Å². The maximum atomic E-state index is 12.4. The molecule has 0 amide bonds. The first-order chi connectivity index (χ1) is 14.1. The van der Waals surface area contributed by atoms with E-state index in [0.717, 1.165) is 48.0 Å². The van der Waals surface area contributed by atoms with Gasteiger partial charge in [-0.1, -0.05) is 11.6 Å². The van der Waals surface area contributed by atoms with E-state index in [1.165, 1.54) is 5.69 Å². The normalized spacial score (nSPS) is 20.5. The first kappa shape index (κ1) is 21.3. The molecule has 0 spiro atoms. The highest BCUT2D eigenvalue weighted by Crippen LogP contribution is 2.35. The first-order valence-corrected chi connectivity index (χ1v) is 12.1. The number of pyridine rings is 2. The van der Waals surface area contributed by atoms with Crippen LogP contribution in [0.1, 0.15) is 58.1 Å². The van der Waals surface area contributed by atoms with Crippen LogP contribution < -0.4 is 4.72 Å². The molecule has 0 atom stereocenters. The van der Waals surface area contributed by atoms with Gasteiger partial charge in [-0.05, 0) is 82.7 Å². The Morgan fingerprint density at radius 1 is 1.10 bits per heavy atom. The Balaban J connectivity index is 1.47. The van der Waals surface area contributed by atoms with Gasteiger partial charge >= 0.3 is 0 Å². The molecular formula is C22H27ClN4O2S. The molecule has 0 bridgehead atoms. The van der Waals surface area contributed by atoms with Gasteiger partial charge in [0.05, 0.1) is 21.5 Å². The fourth-order valence-electron chi connectivity index (χ4n) is 3.89. The highest BCUT2D eigenvalue weighted by Gasteiger charge is 2.33. The van der Waals surface area contributed by atoms with Gasteiger partial charge in [0.25, 0.3) is 0 Å². The minimum Gasteiger partial charge on any atom is -0.357 e. The summed E-state index contributed by atoms with van der Waals surface area (Å²) in [5.74, 6) is 0.383. The summed E-state index contributed by atoms with van der Waals surface area (Å²) in [6.45, 7) is 5.19. The summed E-state index contributed by atoms with van der Waals surface area (Å²) in [6, 6.07) is 9.85. The van der Waals surface area contributed by atoms with Crippen molar-refractivity contribution in [2.45, 2.75) is 63.2 Å². The summed E-state index contributed by atoms with van der Waals surface area (Å²) in [6.07, 6.45) is 5.24. The summed E-state index contributed by atoms with van der Waals surface area (Å²) in [4.78, 5) is 12.3. The lowest BCUT2D eigenvalue weighted by Crippen LogP contribution is -2.45. The Morgan fingerprint density at radius 3 is 2.50 bits per heavy atom. The average molecular weight is 447 g/mol. The number of aromatic amines is 1. The van der Waals surface area contributed by atoms with Crippen molar-refractivity contribution in [3.8, 4) is 11.3 Å². The highest BCUT2D eigenvalue weighted by atomic mass is 35.5. The fourth-order valence-corrected chi connectivity index (χ4v) is 5.09. The van der Waals surface area contributed by atoms with E-state index < -0.39 is 14.8 Å². The van der Waals surface area contributed by atoms with E-state index in [2.05, 4.69) is 20.8 Å². The molecular weight excluding hydrogens is 420 g/mol. The standard InChI is InChI=1S/C22H27ClN4O2S/c1-22(2,3)30(28,29)27-16-6-4-14(5-7-16)19-13-20-18(26-19)9-8-17(25-20)15-10-11-24-21(23)12-15/h8-14,16,26-27H,4-7H2,1-3H3. The van der Waals surface area contributed by atoms with Crippen LogP contribution in [-0.4, -0.2) is 34.2 Å². The van der Waals surface area contributed by atoms with Crippen LogP contribution in [-0.2, 0) is 10.0 Å². The minimum atomic E-state index is -3.32. The third-order valence-electron chi connectivity index (χ3n) is 5.81. The minimum absolute atomic E-state index is 0.0102. The molecule has 0 unspecified atom stereocenters. The number of H-pyrrole nitrogens is 1. The molecule has 0 aliphatic heterocycles. The summed E-state index contributed by atoms with van der Waals surface area (Å²) in [5.41, 5.74) is 4.89. The van der Waals surface area contributed by atoms with Gasteiger partial charge in [0.2, 0.25) is 10.0 Å². The zero-order valence-corrected chi connectivity index (χ0v) is 19.0. The predicted octanol–water partition coefficient (Wildman–Crippen LogP) is 5.02. The summed E-state index contributed by atoms with van der Waals surface area (Å²) in [5, 5.41) is 0.447. The van der Waals surface area contributed by atoms with Crippen molar-refractivity contribution in [1.82, 2.24) is 19.7 Å². The van der Waals surface area contributed by atoms with Gasteiger partial charge in [-0.15, -0.1) is 0 Å². The van der Waals surface area contributed by atoms with E-state index in [-0.39, 0.29) is 6.04 Å². The highest BCUT2D eigenvalue weighted by molar-refractivity contribution is 7.90. The SMILES string of the molecule is CC(C)(C)S(=O)(=O)NC1CCC(c2cc3nc(-c4ccnc(Cl)c4)ccc3[nH]2)CC1. The van der Waals surface area contributed by atoms with Gasteiger partial charge in [-0.25, -0.2) is 23.1 Å². The Bertz CT molecular complexity index is 1160. The van der Waals surface area contributed by atoms with Gasteiger partial charge in [0.15, 0.2) is 0 Å². The zero-order chi connectivity index (χ0) is 21.5.